The van der Waals surface area contributed by atoms with Crippen LogP contribution in [0, 0.1) is 0 Å². The molecule has 2 fully saturated rings. The topological polar surface area (TPSA) is 41.3 Å². The molecule has 2 aliphatic rings. The Morgan fingerprint density at radius 2 is 2.08 bits per heavy atom. The summed E-state index contributed by atoms with van der Waals surface area (Å²) in [5, 5.41) is 3.45. The maximum absolute atomic E-state index is 5.90. The lowest BCUT2D eigenvalue weighted by atomic mass is 9.94. The van der Waals surface area contributed by atoms with Crippen LogP contribution in [-0.4, -0.2) is 42.7 Å². The van der Waals surface area contributed by atoms with E-state index < -0.39 is 0 Å². The molecular formula is C10H21N3. The third-order valence-electron chi connectivity index (χ3n) is 3.65. The van der Waals surface area contributed by atoms with Crippen molar-refractivity contribution >= 4 is 0 Å². The number of hydrogen-bond donors (Lipinski definition) is 2. The van der Waals surface area contributed by atoms with Gasteiger partial charge in [-0.1, -0.05) is 0 Å². The molecule has 2 heterocycles. The molecule has 2 rings (SSSR count). The van der Waals surface area contributed by atoms with Crippen molar-refractivity contribution in [2.24, 2.45) is 5.73 Å². The van der Waals surface area contributed by atoms with Gasteiger partial charge in [0.05, 0.1) is 0 Å². The summed E-state index contributed by atoms with van der Waals surface area (Å²) >= 11 is 0. The van der Waals surface area contributed by atoms with Gasteiger partial charge in [-0.05, 0) is 32.7 Å². The summed E-state index contributed by atoms with van der Waals surface area (Å²) < 4.78 is 0. The summed E-state index contributed by atoms with van der Waals surface area (Å²) in [7, 11) is 0. The van der Waals surface area contributed by atoms with Crippen molar-refractivity contribution in [2.75, 3.05) is 26.2 Å². The molecule has 1 atom stereocenters. The molecule has 3 heteroatoms. The van der Waals surface area contributed by atoms with Crippen molar-refractivity contribution in [1.29, 1.82) is 0 Å². The van der Waals surface area contributed by atoms with Gasteiger partial charge < -0.3 is 11.1 Å². The summed E-state index contributed by atoms with van der Waals surface area (Å²) in [6, 6.07) is 0.453. The molecule has 0 radical (unpaired) electrons. The zero-order valence-electron chi connectivity index (χ0n) is 8.55. The molecule has 76 valence electrons. The van der Waals surface area contributed by atoms with E-state index >= 15 is 0 Å². The fourth-order valence-electron chi connectivity index (χ4n) is 2.51. The summed E-state index contributed by atoms with van der Waals surface area (Å²) in [4.78, 5) is 2.62. The van der Waals surface area contributed by atoms with Gasteiger partial charge in [-0.2, -0.15) is 0 Å². The molecular weight excluding hydrogens is 162 g/mol. The number of piperidine rings is 1. The van der Waals surface area contributed by atoms with E-state index in [1.807, 2.05) is 0 Å². The quantitative estimate of drug-likeness (QED) is 0.608. The van der Waals surface area contributed by atoms with Gasteiger partial charge in [-0.25, -0.2) is 0 Å². The van der Waals surface area contributed by atoms with Crippen LogP contribution in [0.3, 0.4) is 0 Å². The minimum atomic E-state index is 0.417. The average Bonchev–Trinajstić information content (AvgIpc) is 2.54. The van der Waals surface area contributed by atoms with Crippen molar-refractivity contribution in [3.63, 3.8) is 0 Å². The van der Waals surface area contributed by atoms with Gasteiger partial charge in [0.25, 0.3) is 0 Å². The van der Waals surface area contributed by atoms with Crippen molar-refractivity contribution in [3.05, 3.63) is 0 Å². The number of likely N-dealkylation sites (tertiary alicyclic amines) is 1. The van der Waals surface area contributed by atoms with Crippen molar-refractivity contribution < 1.29 is 0 Å². The molecule has 0 amide bonds. The number of nitrogens with zero attached hydrogens (tertiary/aromatic N) is 1. The molecule has 0 bridgehead atoms. The number of rotatable bonds is 1. The van der Waals surface area contributed by atoms with E-state index in [-0.39, 0.29) is 0 Å². The van der Waals surface area contributed by atoms with E-state index in [2.05, 4.69) is 17.1 Å². The van der Waals surface area contributed by atoms with Crippen LogP contribution in [-0.2, 0) is 0 Å². The monoisotopic (exact) mass is 183 g/mol. The first-order valence-electron chi connectivity index (χ1n) is 5.42. The van der Waals surface area contributed by atoms with E-state index in [0.717, 1.165) is 6.54 Å². The van der Waals surface area contributed by atoms with Crippen molar-refractivity contribution in [2.45, 2.75) is 37.8 Å². The second kappa shape index (κ2) is 3.56. The van der Waals surface area contributed by atoms with E-state index in [9.17, 15) is 0 Å². The first-order chi connectivity index (χ1) is 6.21. The van der Waals surface area contributed by atoms with Gasteiger partial charge >= 0.3 is 0 Å². The predicted molar refractivity (Wildman–Crippen MR) is 54.7 cm³/mol. The molecule has 0 aromatic heterocycles. The Morgan fingerprint density at radius 1 is 1.38 bits per heavy atom. The first kappa shape index (κ1) is 9.44. The maximum atomic E-state index is 5.90. The highest BCUT2D eigenvalue weighted by Gasteiger charge is 2.36. The molecule has 0 spiro atoms. The van der Waals surface area contributed by atoms with Crippen LogP contribution in [0.5, 0.6) is 0 Å². The van der Waals surface area contributed by atoms with Crippen molar-refractivity contribution in [1.82, 2.24) is 10.2 Å². The molecule has 2 aliphatic heterocycles. The van der Waals surface area contributed by atoms with Gasteiger partial charge in [-0.3, -0.25) is 4.90 Å². The SMILES string of the molecule is CC1(N2CCC(N)CC2)CCNC1. The van der Waals surface area contributed by atoms with Crippen LogP contribution in [0.4, 0.5) is 0 Å². The number of nitrogens with two attached hydrogens (primary N) is 1. The van der Waals surface area contributed by atoms with Gasteiger partial charge in [0.15, 0.2) is 0 Å². The Balaban J connectivity index is 1.93. The molecule has 2 saturated heterocycles. The highest BCUT2D eigenvalue weighted by Crippen LogP contribution is 2.25. The van der Waals surface area contributed by atoms with Gasteiger partial charge in [-0.15, -0.1) is 0 Å². The van der Waals surface area contributed by atoms with Crippen LogP contribution in [0.15, 0.2) is 0 Å². The minimum Gasteiger partial charge on any atom is -0.328 e. The largest absolute Gasteiger partial charge is 0.328 e. The van der Waals surface area contributed by atoms with Gasteiger partial charge in [0.1, 0.15) is 0 Å². The minimum absolute atomic E-state index is 0.417. The Bertz CT molecular complexity index is 167. The van der Waals surface area contributed by atoms with Crippen LogP contribution < -0.4 is 11.1 Å². The second-order valence-electron chi connectivity index (χ2n) is 4.75. The number of nitrogens with one attached hydrogen (secondary N) is 1. The zero-order chi connectivity index (χ0) is 9.31. The molecule has 0 aromatic rings. The third kappa shape index (κ3) is 1.87. The summed E-state index contributed by atoms with van der Waals surface area (Å²) in [6.45, 7) is 7.10. The summed E-state index contributed by atoms with van der Waals surface area (Å²) in [5.74, 6) is 0. The van der Waals surface area contributed by atoms with Gasteiger partial charge in [0, 0.05) is 31.2 Å². The molecule has 0 aliphatic carbocycles. The summed E-state index contributed by atoms with van der Waals surface area (Å²) in [6.07, 6.45) is 3.65. The van der Waals surface area contributed by atoms with E-state index in [1.165, 1.54) is 38.9 Å². The van der Waals surface area contributed by atoms with E-state index in [4.69, 9.17) is 5.73 Å². The maximum Gasteiger partial charge on any atom is 0.0317 e. The third-order valence-corrected chi connectivity index (χ3v) is 3.65. The fraction of sp³-hybridized carbons (Fsp3) is 1.00. The number of hydrogen-bond acceptors (Lipinski definition) is 3. The van der Waals surface area contributed by atoms with Crippen LogP contribution in [0.25, 0.3) is 0 Å². The summed E-state index contributed by atoms with van der Waals surface area (Å²) in [5.41, 5.74) is 6.31. The van der Waals surface area contributed by atoms with E-state index in [0.29, 0.717) is 11.6 Å². The van der Waals surface area contributed by atoms with E-state index in [1.54, 1.807) is 0 Å². The lowest BCUT2D eigenvalue weighted by molar-refractivity contribution is 0.0896. The fourth-order valence-corrected chi connectivity index (χ4v) is 2.51. The molecule has 0 aromatic carbocycles. The zero-order valence-corrected chi connectivity index (χ0v) is 8.55. The lowest BCUT2D eigenvalue weighted by Gasteiger charge is -2.41. The predicted octanol–water partition coefficient (Wildman–Crippen LogP) is 0.162. The molecule has 3 nitrogen and oxygen atoms in total. The Morgan fingerprint density at radius 3 is 2.62 bits per heavy atom. The lowest BCUT2D eigenvalue weighted by Crippen LogP contribution is -2.53. The average molecular weight is 183 g/mol. The molecule has 13 heavy (non-hydrogen) atoms. The normalized spacial score (nSPS) is 38.3. The molecule has 3 N–H and O–H groups in total. The van der Waals surface area contributed by atoms with Crippen LogP contribution in [0.2, 0.25) is 0 Å². The first-order valence-corrected chi connectivity index (χ1v) is 5.42. The molecule has 1 unspecified atom stereocenters. The Hall–Kier alpha value is -0.120. The molecule has 0 saturated carbocycles. The highest BCUT2D eigenvalue weighted by molar-refractivity contribution is 4.95. The Labute approximate surface area is 80.7 Å². The van der Waals surface area contributed by atoms with Gasteiger partial charge in [0.2, 0.25) is 0 Å². The highest BCUT2D eigenvalue weighted by atomic mass is 15.2. The smallest absolute Gasteiger partial charge is 0.0317 e. The van der Waals surface area contributed by atoms with Crippen LogP contribution >= 0.6 is 0 Å². The van der Waals surface area contributed by atoms with Crippen LogP contribution in [0.1, 0.15) is 26.2 Å². The Kier molecular flexibility index (Phi) is 2.58. The second-order valence-corrected chi connectivity index (χ2v) is 4.75. The van der Waals surface area contributed by atoms with Crippen molar-refractivity contribution in [3.8, 4) is 0 Å². The standard InChI is InChI=1S/C10H21N3/c1-10(4-5-12-8-10)13-6-2-9(11)3-7-13/h9,12H,2-8,11H2,1H3.